The van der Waals surface area contributed by atoms with Crippen LogP contribution < -0.4 is 9.64 Å². The van der Waals surface area contributed by atoms with Crippen LogP contribution in [0.5, 0.6) is 5.75 Å². The summed E-state index contributed by atoms with van der Waals surface area (Å²) < 4.78 is 5.44. The topological polar surface area (TPSA) is 90.6 Å². The first-order valence-corrected chi connectivity index (χ1v) is 10.1. The van der Waals surface area contributed by atoms with E-state index in [1.54, 1.807) is 60.7 Å². The van der Waals surface area contributed by atoms with E-state index in [9.17, 15) is 14.7 Å². The molecule has 0 radical (unpaired) electrons. The average molecular weight is 424 g/mol. The van der Waals surface area contributed by atoms with Crippen molar-refractivity contribution in [3.05, 3.63) is 101 Å². The number of ether oxygens (including phenoxy) is 1. The number of hydrogen-bond donors (Lipinski definition) is 1. The van der Waals surface area contributed by atoms with E-state index in [1.165, 1.54) is 4.90 Å². The number of aliphatic hydroxyl groups is 1. The Labute approximate surface area is 185 Å². The molecule has 0 spiro atoms. The maximum absolute atomic E-state index is 13.1. The lowest BCUT2D eigenvalue weighted by Gasteiger charge is -2.25. The Bertz CT molecular complexity index is 1220. The van der Waals surface area contributed by atoms with Gasteiger partial charge in [0.25, 0.3) is 11.7 Å². The highest BCUT2D eigenvalue weighted by Gasteiger charge is 2.46. The Kier molecular flexibility index (Phi) is 5.73. The van der Waals surface area contributed by atoms with Crippen LogP contribution in [0.15, 0.2) is 84.4 Å². The fourth-order valence-corrected chi connectivity index (χ4v) is 3.78. The molecule has 1 fully saturated rings. The molecule has 6 heteroatoms. The quantitative estimate of drug-likeness (QED) is 0.368. The van der Waals surface area contributed by atoms with Gasteiger partial charge in [-0.2, -0.15) is 5.26 Å². The van der Waals surface area contributed by atoms with Crippen molar-refractivity contribution in [1.29, 1.82) is 5.26 Å². The molecule has 3 aromatic rings. The second-order valence-electron chi connectivity index (χ2n) is 7.20. The number of anilines is 1. The molecule has 1 unspecified atom stereocenters. The molecule has 1 atom stereocenters. The molecule has 32 heavy (non-hydrogen) atoms. The van der Waals surface area contributed by atoms with Crippen molar-refractivity contribution in [2.45, 2.75) is 13.0 Å². The highest BCUT2D eigenvalue weighted by molar-refractivity contribution is 6.51. The molecule has 0 bridgehead atoms. The van der Waals surface area contributed by atoms with Crippen LogP contribution in [0.3, 0.4) is 0 Å². The number of carbonyl (C=O) groups excluding carboxylic acids is 2. The highest BCUT2D eigenvalue weighted by Crippen LogP contribution is 2.42. The second kappa shape index (κ2) is 8.78. The van der Waals surface area contributed by atoms with Crippen molar-refractivity contribution in [2.24, 2.45) is 0 Å². The molecular formula is C26H20N2O4. The molecule has 0 saturated carbocycles. The van der Waals surface area contributed by atoms with Crippen LogP contribution in [-0.4, -0.2) is 23.4 Å². The molecule has 6 nitrogen and oxygen atoms in total. The number of aliphatic hydroxyl groups excluding tert-OH is 1. The molecular weight excluding hydrogens is 404 g/mol. The van der Waals surface area contributed by atoms with Gasteiger partial charge in [-0.1, -0.05) is 30.3 Å². The maximum atomic E-state index is 13.1. The molecule has 1 aliphatic heterocycles. The number of Topliss-reactive ketones (excluding diaryl/α,β-unsaturated/α-hetero) is 1. The number of rotatable bonds is 5. The van der Waals surface area contributed by atoms with Crippen molar-refractivity contribution in [3.63, 3.8) is 0 Å². The predicted octanol–water partition coefficient (Wildman–Crippen LogP) is 4.58. The first kappa shape index (κ1) is 20.9. The van der Waals surface area contributed by atoms with Gasteiger partial charge in [0.15, 0.2) is 0 Å². The fraction of sp³-hybridized carbons (Fsp3) is 0.115. The summed E-state index contributed by atoms with van der Waals surface area (Å²) in [6.45, 7) is 2.38. The van der Waals surface area contributed by atoms with E-state index in [1.807, 2.05) is 31.2 Å². The van der Waals surface area contributed by atoms with E-state index < -0.39 is 17.7 Å². The van der Waals surface area contributed by atoms with Gasteiger partial charge in [-0.25, -0.2) is 0 Å². The van der Waals surface area contributed by atoms with Gasteiger partial charge in [-0.3, -0.25) is 14.5 Å². The lowest BCUT2D eigenvalue weighted by molar-refractivity contribution is -0.132. The normalized spacial score (nSPS) is 17.2. The number of carbonyl (C=O) groups is 2. The van der Waals surface area contributed by atoms with Crippen molar-refractivity contribution in [1.82, 2.24) is 0 Å². The molecule has 158 valence electrons. The molecule has 3 aromatic carbocycles. The van der Waals surface area contributed by atoms with Gasteiger partial charge >= 0.3 is 0 Å². The van der Waals surface area contributed by atoms with Gasteiger partial charge < -0.3 is 9.84 Å². The first-order valence-electron chi connectivity index (χ1n) is 10.1. The standard InChI is InChI=1S/C26H20N2O4/c1-2-32-21-14-10-19(11-15-21)24(29)22-23(18-6-4-3-5-7-18)28(26(31)25(22)30)20-12-8-17(16-27)9-13-20/h3-15,23,29H,2H2,1H3/b24-22+. The van der Waals surface area contributed by atoms with Gasteiger partial charge in [0.2, 0.25) is 0 Å². The highest BCUT2D eigenvalue weighted by atomic mass is 16.5. The monoisotopic (exact) mass is 424 g/mol. The number of ketones is 1. The summed E-state index contributed by atoms with van der Waals surface area (Å²) in [7, 11) is 0. The van der Waals surface area contributed by atoms with Crippen LogP contribution in [0.25, 0.3) is 5.76 Å². The van der Waals surface area contributed by atoms with E-state index in [0.29, 0.717) is 34.7 Å². The number of hydrogen-bond acceptors (Lipinski definition) is 5. The molecule has 0 aromatic heterocycles. The summed E-state index contributed by atoms with van der Waals surface area (Å²) in [6, 6.07) is 23.4. The first-order chi connectivity index (χ1) is 15.5. The van der Waals surface area contributed by atoms with Crippen molar-refractivity contribution in [3.8, 4) is 11.8 Å². The van der Waals surface area contributed by atoms with Crippen LogP contribution in [0.1, 0.15) is 29.7 Å². The minimum atomic E-state index is -0.810. The largest absolute Gasteiger partial charge is 0.507 e. The summed E-state index contributed by atoms with van der Waals surface area (Å²) in [5.41, 5.74) is 2.01. The summed E-state index contributed by atoms with van der Waals surface area (Å²) in [6.07, 6.45) is 0. The van der Waals surface area contributed by atoms with Crippen LogP contribution in [0, 0.1) is 11.3 Å². The molecule has 1 saturated heterocycles. The third kappa shape index (κ3) is 3.72. The minimum absolute atomic E-state index is 0.00900. The smallest absolute Gasteiger partial charge is 0.300 e. The molecule has 0 aliphatic carbocycles. The van der Waals surface area contributed by atoms with Crippen LogP contribution in [-0.2, 0) is 9.59 Å². The molecule has 1 heterocycles. The summed E-state index contributed by atoms with van der Waals surface area (Å²) in [4.78, 5) is 27.5. The van der Waals surface area contributed by atoms with E-state index in [4.69, 9.17) is 10.00 Å². The zero-order valence-electron chi connectivity index (χ0n) is 17.4. The third-order valence-corrected chi connectivity index (χ3v) is 5.27. The zero-order chi connectivity index (χ0) is 22.7. The molecule has 4 rings (SSSR count). The zero-order valence-corrected chi connectivity index (χ0v) is 17.4. The summed E-state index contributed by atoms with van der Waals surface area (Å²) >= 11 is 0. The molecule has 1 N–H and O–H groups in total. The number of nitrogens with zero attached hydrogens (tertiary/aromatic N) is 2. The summed E-state index contributed by atoms with van der Waals surface area (Å²) in [5, 5.41) is 20.2. The van der Waals surface area contributed by atoms with Crippen molar-refractivity contribution >= 4 is 23.1 Å². The lowest BCUT2D eigenvalue weighted by Crippen LogP contribution is -2.29. The Morgan fingerprint density at radius 2 is 1.66 bits per heavy atom. The predicted molar refractivity (Wildman–Crippen MR) is 120 cm³/mol. The van der Waals surface area contributed by atoms with Crippen LogP contribution in [0.4, 0.5) is 5.69 Å². The number of nitriles is 1. The fourth-order valence-electron chi connectivity index (χ4n) is 3.78. The van der Waals surface area contributed by atoms with E-state index in [2.05, 4.69) is 0 Å². The second-order valence-corrected chi connectivity index (χ2v) is 7.20. The van der Waals surface area contributed by atoms with E-state index in [-0.39, 0.29) is 11.3 Å². The Morgan fingerprint density at radius 1 is 1.00 bits per heavy atom. The van der Waals surface area contributed by atoms with Crippen molar-refractivity contribution < 1.29 is 19.4 Å². The number of amides is 1. The van der Waals surface area contributed by atoms with Gasteiger partial charge in [-0.15, -0.1) is 0 Å². The van der Waals surface area contributed by atoms with Crippen molar-refractivity contribution in [2.75, 3.05) is 11.5 Å². The lowest BCUT2D eigenvalue weighted by atomic mass is 9.95. The molecule has 1 amide bonds. The Morgan fingerprint density at radius 3 is 2.25 bits per heavy atom. The minimum Gasteiger partial charge on any atom is -0.507 e. The van der Waals surface area contributed by atoms with Gasteiger partial charge in [0, 0.05) is 11.3 Å². The average Bonchev–Trinajstić information content (AvgIpc) is 3.10. The summed E-state index contributed by atoms with van der Waals surface area (Å²) in [5.74, 6) is -1.12. The maximum Gasteiger partial charge on any atom is 0.300 e. The van der Waals surface area contributed by atoms with Crippen LogP contribution >= 0.6 is 0 Å². The number of benzene rings is 3. The molecule has 1 aliphatic rings. The van der Waals surface area contributed by atoms with Crippen LogP contribution in [0.2, 0.25) is 0 Å². The van der Waals surface area contributed by atoms with Gasteiger partial charge in [-0.05, 0) is 61.0 Å². The van der Waals surface area contributed by atoms with Gasteiger partial charge in [0.1, 0.15) is 11.5 Å². The Hall–Kier alpha value is -4.37. The van der Waals surface area contributed by atoms with E-state index >= 15 is 0 Å². The Balaban J connectivity index is 1.86. The van der Waals surface area contributed by atoms with E-state index in [0.717, 1.165) is 0 Å². The SMILES string of the molecule is CCOc1ccc(/C(O)=C2\C(=O)C(=O)N(c3ccc(C#N)cc3)C2c2ccccc2)cc1. The third-order valence-electron chi connectivity index (χ3n) is 5.27. The van der Waals surface area contributed by atoms with Gasteiger partial charge in [0.05, 0.1) is 29.9 Å².